The third kappa shape index (κ3) is 3.67. The summed E-state index contributed by atoms with van der Waals surface area (Å²) in [6.45, 7) is 1.09. The maximum atomic E-state index is 5.80. The van der Waals surface area contributed by atoms with Gasteiger partial charge in [0.1, 0.15) is 6.61 Å². The second-order valence-corrected chi connectivity index (χ2v) is 5.04. The van der Waals surface area contributed by atoms with Gasteiger partial charge in [-0.25, -0.2) is 4.98 Å². The quantitative estimate of drug-likeness (QED) is 0.867. The Hall–Kier alpha value is -2.20. The molecule has 2 aromatic heterocycles. The first-order chi connectivity index (χ1) is 10.3. The molecule has 0 aliphatic carbocycles. The van der Waals surface area contributed by atoms with E-state index in [4.69, 9.17) is 16.3 Å². The van der Waals surface area contributed by atoms with Gasteiger partial charge in [0.05, 0.1) is 23.0 Å². The lowest BCUT2D eigenvalue weighted by Crippen LogP contribution is -2.01. The standard InChI is InChI=1S/C16H14ClN3O/c17-13-4-5-14(19-10-13)11-21-16-3-1-2-15(20-16)12-6-8-18-9-7-12/h1-6,9-10H,7-8,11H2. The van der Waals surface area contributed by atoms with Crippen LogP contribution in [0.2, 0.25) is 5.02 Å². The Bertz CT molecular complexity index is 680. The molecule has 0 atom stereocenters. The summed E-state index contributed by atoms with van der Waals surface area (Å²) in [5, 5.41) is 0.616. The van der Waals surface area contributed by atoms with Gasteiger partial charge >= 0.3 is 0 Å². The molecule has 0 aromatic carbocycles. The van der Waals surface area contributed by atoms with Gasteiger partial charge in [0.25, 0.3) is 0 Å². The van der Waals surface area contributed by atoms with Gasteiger partial charge < -0.3 is 4.74 Å². The SMILES string of the molecule is Clc1ccc(COc2cccc(C3=CCN=CC3)n2)nc1. The summed E-state index contributed by atoms with van der Waals surface area (Å²) < 4.78 is 5.69. The molecule has 1 aliphatic rings. The predicted octanol–water partition coefficient (Wildman–Crippen LogP) is 3.57. The topological polar surface area (TPSA) is 47.4 Å². The predicted molar refractivity (Wildman–Crippen MR) is 83.8 cm³/mol. The molecule has 0 fully saturated rings. The van der Waals surface area contributed by atoms with Crippen LogP contribution in [-0.2, 0) is 6.61 Å². The largest absolute Gasteiger partial charge is 0.471 e. The van der Waals surface area contributed by atoms with Gasteiger partial charge in [0.2, 0.25) is 5.88 Å². The number of pyridine rings is 2. The molecule has 0 unspecified atom stereocenters. The van der Waals surface area contributed by atoms with Gasteiger partial charge in [-0.2, -0.15) is 0 Å². The molecular weight excluding hydrogens is 286 g/mol. The van der Waals surface area contributed by atoms with Gasteiger partial charge in [-0.05, 0) is 23.8 Å². The highest BCUT2D eigenvalue weighted by atomic mass is 35.5. The summed E-state index contributed by atoms with van der Waals surface area (Å²) in [5.74, 6) is 0.590. The molecule has 106 valence electrons. The average Bonchev–Trinajstić information content (AvgIpc) is 2.55. The van der Waals surface area contributed by atoms with Gasteiger partial charge in [-0.3, -0.25) is 9.98 Å². The van der Waals surface area contributed by atoms with Gasteiger partial charge in [0, 0.05) is 24.9 Å². The average molecular weight is 300 g/mol. The van der Waals surface area contributed by atoms with Crippen molar-refractivity contribution in [1.29, 1.82) is 0 Å². The van der Waals surface area contributed by atoms with Crippen molar-refractivity contribution in [1.82, 2.24) is 9.97 Å². The van der Waals surface area contributed by atoms with Crippen LogP contribution in [0.4, 0.5) is 0 Å². The second kappa shape index (κ2) is 6.50. The molecule has 21 heavy (non-hydrogen) atoms. The van der Waals surface area contributed by atoms with E-state index in [1.54, 1.807) is 12.3 Å². The lowest BCUT2D eigenvalue weighted by atomic mass is 10.1. The Morgan fingerprint density at radius 1 is 1.19 bits per heavy atom. The number of hydrogen-bond donors (Lipinski definition) is 0. The van der Waals surface area contributed by atoms with Crippen LogP contribution in [0.5, 0.6) is 5.88 Å². The van der Waals surface area contributed by atoms with Crippen LogP contribution in [0, 0.1) is 0 Å². The minimum absolute atomic E-state index is 0.369. The number of nitrogens with zero attached hydrogens (tertiary/aromatic N) is 3. The Kier molecular flexibility index (Phi) is 4.26. The lowest BCUT2D eigenvalue weighted by molar-refractivity contribution is 0.289. The minimum Gasteiger partial charge on any atom is -0.471 e. The molecular formula is C16H14ClN3O. The van der Waals surface area contributed by atoms with Crippen molar-refractivity contribution in [3.8, 4) is 5.88 Å². The number of halogens is 1. The maximum Gasteiger partial charge on any atom is 0.214 e. The summed E-state index contributed by atoms with van der Waals surface area (Å²) in [4.78, 5) is 12.9. The monoisotopic (exact) mass is 299 g/mol. The van der Waals surface area contributed by atoms with Crippen molar-refractivity contribution in [2.75, 3.05) is 6.54 Å². The van der Waals surface area contributed by atoms with Crippen LogP contribution in [-0.4, -0.2) is 22.7 Å². The van der Waals surface area contributed by atoms with Gasteiger partial charge in [-0.15, -0.1) is 0 Å². The number of hydrogen-bond acceptors (Lipinski definition) is 4. The normalized spacial score (nSPS) is 13.9. The molecule has 5 heteroatoms. The van der Waals surface area contributed by atoms with E-state index in [2.05, 4.69) is 21.0 Å². The first-order valence-electron chi connectivity index (χ1n) is 6.69. The Labute approximate surface area is 128 Å². The smallest absolute Gasteiger partial charge is 0.214 e. The van der Waals surface area contributed by atoms with Crippen LogP contribution >= 0.6 is 11.6 Å². The fourth-order valence-electron chi connectivity index (χ4n) is 2.01. The van der Waals surface area contributed by atoms with E-state index in [1.807, 2.05) is 30.5 Å². The first kappa shape index (κ1) is 13.8. The van der Waals surface area contributed by atoms with Crippen molar-refractivity contribution in [3.05, 3.63) is 59.0 Å². The number of aromatic nitrogens is 2. The zero-order valence-electron chi connectivity index (χ0n) is 11.4. The van der Waals surface area contributed by atoms with Crippen LogP contribution in [0.3, 0.4) is 0 Å². The van der Waals surface area contributed by atoms with Crippen molar-refractivity contribution < 1.29 is 4.74 Å². The first-order valence-corrected chi connectivity index (χ1v) is 7.07. The molecule has 3 rings (SSSR count). The Balaban J connectivity index is 1.68. The van der Waals surface area contributed by atoms with Gasteiger partial charge in [-0.1, -0.05) is 23.7 Å². The molecule has 0 saturated heterocycles. The third-order valence-electron chi connectivity index (χ3n) is 3.09. The number of rotatable bonds is 4. The number of aliphatic imine (C=N–C) groups is 1. The minimum atomic E-state index is 0.369. The van der Waals surface area contributed by atoms with E-state index in [9.17, 15) is 0 Å². The summed E-state index contributed by atoms with van der Waals surface area (Å²) in [6, 6.07) is 9.41. The van der Waals surface area contributed by atoms with Crippen LogP contribution in [0.25, 0.3) is 5.57 Å². The number of ether oxygens (including phenoxy) is 1. The summed E-state index contributed by atoms with van der Waals surface area (Å²) in [7, 11) is 0. The highest BCUT2D eigenvalue weighted by Crippen LogP contribution is 2.20. The highest BCUT2D eigenvalue weighted by Gasteiger charge is 2.06. The molecule has 1 aliphatic heterocycles. The Morgan fingerprint density at radius 3 is 2.90 bits per heavy atom. The summed E-state index contributed by atoms with van der Waals surface area (Å²) in [5.41, 5.74) is 2.93. The van der Waals surface area contributed by atoms with Crippen molar-refractivity contribution in [2.24, 2.45) is 4.99 Å². The number of dihydropyridines is 1. The van der Waals surface area contributed by atoms with Crippen molar-refractivity contribution >= 4 is 23.4 Å². The molecule has 3 heterocycles. The molecule has 0 bridgehead atoms. The summed E-state index contributed by atoms with van der Waals surface area (Å²) in [6.07, 6.45) is 6.43. The van der Waals surface area contributed by atoms with E-state index < -0.39 is 0 Å². The zero-order chi connectivity index (χ0) is 14.5. The maximum absolute atomic E-state index is 5.80. The lowest BCUT2D eigenvalue weighted by Gasteiger charge is -2.10. The molecule has 4 nitrogen and oxygen atoms in total. The van der Waals surface area contributed by atoms with Crippen LogP contribution in [0.15, 0.2) is 47.6 Å². The van der Waals surface area contributed by atoms with E-state index >= 15 is 0 Å². The Morgan fingerprint density at radius 2 is 2.14 bits per heavy atom. The molecule has 2 aromatic rings. The molecule has 0 N–H and O–H groups in total. The molecule has 0 spiro atoms. The van der Waals surface area contributed by atoms with Crippen molar-refractivity contribution in [2.45, 2.75) is 13.0 Å². The molecule has 0 amide bonds. The molecule has 0 radical (unpaired) electrons. The fourth-order valence-corrected chi connectivity index (χ4v) is 2.12. The van der Waals surface area contributed by atoms with Crippen LogP contribution < -0.4 is 4.74 Å². The fraction of sp³-hybridized carbons (Fsp3) is 0.188. The third-order valence-corrected chi connectivity index (χ3v) is 3.32. The highest BCUT2D eigenvalue weighted by molar-refractivity contribution is 6.30. The van der Waals surface area contributed by atoms with Gasteiger partial charge in [0.15, 0.2) is 0 Å². The van der Waals surface area contributed by atoms with Crippen molar-refractivity contribution in [3.63, 3.8) is 0 Å². The zero-order valence-corrected chi connectivity index (χ0v) is 12.1. The van der Waals surface area contributed by atoms with Crippen LogP contribution in [0.1, 0.15) is 17.8 Å². The van der Waals surface area contributed by atoms with E-state index in [-0.39, 0.29) is 0 Å². The number of allylic oxidation sites excluding steroid dienone is 1. The molecule has 0 saturated carbocycles. The second-order valence-electron chi connectivity index (χ2n) is 4.60. The van der Waals surface area contributed by atoms with E-state index in [1.165, 1.54) is 5.57 Å². The van der Waals surface area contributed by atoms with E-state index in [0.29, 0.717) is 17.5 Å². The van der Waals surface area contributed by atoms with E-state index in [0.717, 1.165) is 24.4 Å². The summed E-state index contributed by atoms with van der Waals surface area (Å²) >= 11 is 5.80.